The molecule has 1 saturated heterocycles. The van der Waals surface area contributed by atoms with Gasteiger partial charge in [0, 0.05) is 43.8 Å². The Kier molecular flexibility index (Phi) is 4.25. The van der Waals surface area contributed by atoms with Gasteiger partial charge < -0.3 is 14.2 Å². The van der Waals surface area contributed by atoms with Gasteiger partial charge in [-0.25, -0.2) is 4.98 Å². The van der Waals surface area contributed by atoms with Crippen LogP contribution >= 0.6 is 27.5 Å². The van der Waals surface area contributed by atoms with Crippen LogP contribution in [0.1, 0.15) is 22.8 Å². The number of aromatic nitrogens is 2. The highest BCUT2D eigenvalue weighted by molar-refractivity contribution is 9.10. The first-order valence-electron chi connectivity index (χ1n) is 6.72. The Morgan fingerprint density at radius 2 is 2.24 bits per heavy atom. The smallest absolute Gasteiger partial charge is 0.289 e. The summed E-state index contributed by atoms with van der Waals surface area (Å²) in [6.45, 7) is 4.94. The van der Waals surface area contributed by atoms with Crippen molar-refractivity contribution in [1.29, 1.82) is 0 Å². The van der Waals surface area contributed by atoms with Crippen molar-refractivity contribution in [3.63, 3.8) is 0 Å². The van der Waals surface area contributed by atoms with E-state index in [1.54, 1.807) is 6.07 Å². The molecule has 21 heavy (non-hydrogen) atoms. The predicted octanol–water partition coefficient (Wildman–Crippen LogP) is 2.55. The van der Waals surface area contributed by atoms with E-state index >= 15 is 0 Å². The molecule has 1 fully saturated rings. The summed E-state index contributed by atoms with van der Waals surface area (Å²) in [6, 6.07) is 1.71. The SMILES string of the molecule is Cc1nsc(N2CCCN(C(=O)c3cc(Br)co3)CC2)n1. The lowest BCUT2D eigenvalue weighted by molar-refractivity contribution is 0.0735. The number of nitrogens with zero attached hydrogens (tertiary/aromatic N) is 4. The molecule has 3 heterocycles. The third-order valence-corrected chi connectivity index (χ3v) is 4.63. The summed E-state index contributed by atoms with van der Waals surface area (Å²) in [5.41, 5.74) is 0. The lowest BCUT2D eigenvalue weighted by Gasteiger charge is -2.20. The Bertz CT molecular complexity index is 642. The molecular weight excluding hydrogens is 356 g/mol. The quantitative estimate of drug-likeness (QED) is 0.812. The summed E-state index contributed by atoms with van der Waals surface area (Å²) in [6.07, 6.45) is 2.44. The molecule has 0 unspecified atom stereocenters. The van der Waals surface area contributed by atoms with Crippen LogP contribution in [-0.2, 0) is 0 Å². The van der Waals surface area contributed by atoms with Gasteiger partial charge in [-0.1, -0.05) is 0 Å². The van der Waals surface area contributed by atoms with Crippen LogP contribution in [0.5, 0.6) is 0 Å². The van der Waals surface area contributed by atoms with Crippen molar-refractivity contribution in [3.8, 4) is 0 Å². The minimum Gasteiger partial charge on any atom is -0.458 e. The first-order chi connectivity index (χ1) is 10.1. The molecule has 0 aliphatic carbocycles. The van der Waals surface area contributed by atoms with E-state index in [0.29, 0.717) is 12.3 Å². The molecule has 6 nitrogen and oxygen atoms in total. The van der Waals surface area contributed by atoms with Crippen molar-refractivity contribution in [2.75, 3.05) is 31.1 Å². The van der Waals surface area contributed by atoms with Crippen LogP contribution < -0.4 is 4.90 Å². The average Bonchev–Trinajstić information content (AvgIpc) is 3.00. The predicted molar refractivity (Wildman–Crippen MR) is 83.8 cm³/mol. The highest BCUT2D eigenvalue weighted by Crippen LogP contribution is 2.20. The molecule has 0 spiro atoms. The highest BCUT2D eigenvalue weighted by atomic mass is 79.9. The second-order valence-corrected chi connectivity index (χ2v) is 6.53. The van der Waals surface area contributed by atoms with Gasteiger partial charge in [0.25, 0.3) is 5.91 Å². The van der Waals surface area contributed by atoms with E-state index in [1.165, 1.54) is 17.8 Å². The van der Waals surface area contributed by atoms with Crippen LogP contribution in [-0.4, -0.2) is 46.3 Å². The van der Waals surface area contributed by atoms with Gasteiger partial charge in [-0.05, 0) is 29.3 Å². The number of hydrogen-bond donors (Lipinski definition) is 0. The monoisotopic (exact) mass is 370 g/mol. The van der Waals surface area contributed by atoms with Gasteiger partial charge in [0.2, 0.25) is 5.13 Å². The Hall–Kier alpha value is -1.41. The van der Waals surface area contributed by atoms with E-state index in [2.05, 4.69) is 30.2 Å². The molecule has 0 atom stereocenters. The van der Waals surface area contributed by atoms with Gasteiger partial charge >= 0.3 is 0 Å². The molecule has 8 heteroatoms. The van der Waals surface area contributed by atoms with Gasteiger partial charge in [-0.2, -0.15) is 4.37 Å². The average molecular weight is 371 g/mol. The van der Waals surface area contributed by atoms with Crippen LogP contribution in [0.3, 0.4) is 0 Å². The second kappa shape index (κ2) is 6.15. The fourth-order valence-corrected chi connectivity index (χ4v) is 3.33. The molecule has 0 bridgehead atoms. The Morgan fingerprint density at radius 3 is 2.90 bits per heavy atom. The van der Waals surface area contributed by atoms with E-state index in [9.17, 15) is 4.79 Å². The number of amides is 1. The zero-order valence-corrected chi connectivity index (χ0v) is 14.0. The van der Waals surface area contributed by atoms with Gasteiger partial charge in [0.1, 0.15) is 12.1 Å². The van der Waals surface area contributed by atoms with Gasteiger partial charge in [-0.3, -0.25) is 4.79 Å². The number of anilines is 1. The molecule has 0 saturated carbocycles. The first kappa shape index (κ1) is 14.5. The molecule has 0 aromatic carbocycles. The van der Waals surface area contributed by atoms with Gasteiger partial charge in [-0.15, -0.1) is 0 Å². The van der Waals surface area contributed by atoms with Crippen LogP contribution in [0, 0.1) is 6.92 Å². The number of furan rings is 1. The van der Waals surface area contributed by atoms with Gasteiger partial charge in [0.15, 0.2) is 5.76 Å². The Labute approximate surface area is 135 Å². The third kappa shape index (κ3) is 3.26. The Balaban J connectivity index is 1.67. The van der Waals surface area contributed by atoms with Crippen LogP contribution in [0.4, 0.5) is 5.13 Å². The number of halogens is 1. The van der Waals surface area contributed by atoms with E-state index in [-0.39, 0.29) is 5.91 Å². The van der Waals surface area contributed by atoms with Crippen molar-refractivity contribution >= 4 is 38.5 Å². The normalized spacial score (nSPS) is 16.1. The lowest BCUT2D eigenvalue weighted by atomic mass is 10.3. The van der Waals surface area contributed by atoms with Crippen LogP contribution in [0.15, 0.2) is 21.2 Å². The van der Waals surface area contributed by atoms with Crippen LogP contribution in [0.2, 0.25) is 0 Å². The summed E-state index contributed by atoms with van der Waals surface area (Å²) in [4.78, 5) is 20.8. The number of hydrogen-bond acceptors (Lipinski definition) is 6. The number of aryl methyl sites for hydroxylation is 1. The lowest BCUT2D eigenvalue weighted by Crippen LogP contribution is -2.35. The first-order valence-corrected chi connectivity index (χ1v) is 8.28. The minimum atomic E-state index is -0.0593. The molecule has 3 rings (SSSR count). The number of carbonyl (C=O) groups excluding carboxylic acids is 1. The highest BCUT2D eigenvalue weighted by Gasteiger charge is 2.23. The molecular formula is C13H15BrN4O2S. The maximum absolute atomic E-state index is 12.4. The summed E-state index contributed by atoms with van der Waals surface area (Å²) in [5.74, 6) is 1.12. The van der Waals surface area contributed by atoms with E-state index in [0.717, 1.165) is 41.5 Å². The zero-order valence-electron chi connectivity index (χ0n) is 11.6. The molecule has 1 amide bonds. The Morgan fingerprint density at radius 1 is 1.38 bits per heavy atom. The maximum Gasteiger partial charge on any atom is 0.289 e. The number of carbonyl (C=O) groups is 1. The van der Waals surface area contributed by atoms with Crippen molar-refractivity contribution in [2.24, 2.45) is 0 Å². The fraction of sp³-hybridized carbons (Fsp3) is 0.462. The number of rotatable bonds is 2. The minimum absolute atomic E-state index is 0.0593. The zero-order chi connectivity index (χ0) is 14.8. The van der Waals surface area contributed by atoms with E-state index in [1.807, 2.05) is 11.8 Å². The van der Waals surface area contributed by atoms with Gasteiger partial charge in [0.05, 0.1) is 4.47 Å². The van der Waals surface area contributed by atoms with E-state index < -0.39 is 0 Å². The fourth-order valence-electron chi connectivity index (χ4n) is 2.31. The third-order valence-electron chi connectivity index (χ3n) is 3.35. The molecule has 2 aromatic heterocycles. The molecule has 112 valence electrons. The largest absolute Gasteiger partial charge is 0.458 e. The molecule has 1 aliphatic heterocycles. The van der Waals surface area contributed by atoms with Crippen molar-refractivity contribution in [2.45, 2.75) is 13.3 Å². The summed E-state index contributed by atoms with van der Waals surface area (Å²) >= 11 is 4.71. The van der Waals surface area contributed by atoms with Crippen molar-refractivity contribution in [1.82, 2.24) is 14.3 Å². The summed E-state index contributed by atoms with van der Waals surface area (Å²) in [7, 11) is 0. The van der Waals surface area contributed by atoms with E-state index in [4.69, 9.17) is 4.42 Å². The molecule has 1 aliphatic rings. The van der Waals surface area contributed by atoms with Crippen molar-refractivity contribution in [3.05, 3.63) is 28.4 Å². The molecule has 0 radical (unpaired) electrons. The molecule has 0 N–H and O–H groups in total. The summed E-state index contributed by atoms with van der Waals surface area (Å²) in [5, 5.41) is 0.933. The summed E-state index contributed by atoms with van der Waals surface area (Å²) < 4.78 is 10.3. The molecule has 2 aromatic rings. The second-order valence-electron chi connectivity index (χ2n) is 4.89. The topological polar surface area (TPSA) is 62.5 Å². The maximum atomic E-state index is 12.4. The van der Waals surface area contributed by atoms with Crippen molar-refractivity contribution < 1.29 is 9.21 Å². The standard InChI is InChI=1S/C13H15BrN4O2S/c1-9-15-13(21-16-9)18-4-2-3-17(5-6-18)12(19)11-7-10(14)8-20-11/h7-8H,2-6H2,1H3. The van der Waals surface area contributed by atoms with Crippen LogP contribution in [0.25, 0.3) is 0 Å².